The molecule has 4 rings (SSSR count). The normalized spacial score (nSPS) is 14.7. The van der Waals surface area contributed by atoms with E-state index in [0.29, 0.717) is 38.4 Å². The number of aromatic nitrogens is 1. The summed E-state index contributed by atoms with van der Waals surface area (Å²) in [6.45, 7) is 4.07. The number of hydrogen-bond donors (Lipinski definition) is 0. The van der Waals surface area contributed by atoms with Crippen LogP contribution in [-0.2, 0) is 11.3 Å². The minimum atomic E-state index is -0.293. The largest absolute Gasteiger partial charge is 0.339 e. The fourth-order valence-corrected chi connectivity index (χ4v) is 5.27. The van der Waals surface area contributed by atoms with Crippen LogP contribution >= 0.6 is 27.3 Å². The van der Waals surface area contributed by atoms with Crippen LogP contribution in [0.25, 0.3) is 10.2 Å². The van der Waals surface area contributed by atoms with Crippen LogP contribution in [0.2, 0.25) is 0 Å². The van der Waals surface area contributed by atoms with Crippen molar-refractivity contribution in [3.05, 3.63) is 57.3 Å². The van der Waals surface area contributed by atoms with Crippen LogP contribution in [0, 0.1) is 5.82 Å². The smallest absolute Gasteiger partial charge is 0.270 e. The van der Waals surface area contributed by atoms with Gasteiger partial charge in [-0.05, 0) is 39.7 Å². The van der Waals surface area contributed by atoms with Crippen molar-refractivity contribution in [2.75, 3.05) is 26.2 Å². The first-order valence-electron chi connectivity index (χ1n) is 8.99. The molecule has 146 valence electrons. The maximum absolute atomic E-state index is 13.7. The molecule has 0 radical (unpaired) electrons. The van der Waals surface area contributed by atoms with Gasteiger partial charge in [-0.15, -0.1) is 11.3 Å². The van der Waals surface area contributed by atoms with Gasteiger partial charge >= 0.3 is 0 Å². The number of fused-ring (bicyclic) bond motifs is 1. The second-order valence-corrected chi connectivity index (χ2v) is 8.61. The third-order valence-electron chi connectivity index (χ3n) is 5.04. The van der Waals surface area contributed by atoms with E-state index in [0.717, 1.165) is 20.3 Å². The summed E-state index contributed by atoms with van der Waals surface area (Å²) in [6.07, 6.45) is 0. The van der Waals surface area contributed by atoms with Gasteiger partial charge in [0, 0.05) is 45.0 Å². The Kier molecular flexibility index (Phi) is 5.25. The number of hydrogen-bond acceptors (Lipinski definition) is 3. The number of thiophene rings is 1. The first-order chi connectivity index (χ1) is 13.4. The molecular weight excluding hydrogens is 445 g/mol. The molecule has 0 saturated carbocycles. The molecule has 8 heteroatoms. The van der Waals surface area contributed by atoms with E-state index in [1.165, 1.54) is 12.1 Å². The van der Waals surface area contributed by atoms with Crippen molar-refractivity contribution in [2.24, 2.45) is 0 Å². The van der Waals surface area contributed by atoms with Gasteiger partial charge < -0.3 is 14.4 Å². The summed E-state index contributed by atoms with van der Waals surface area (Å²) in [5, 5.41) is 1.99. The minimum Gasteiger partial charge on any atom is -0.339 e. The monoisotopic (exact) mass is 463 g/mol. The molecule has 0 atom stereocenters. The van der Waals surface area contributed by atoms with E-state index < -0.39 is 0 Å². The van der Waals surface area contributed by atoms with E-state index in [9.17, 15) is 14.0 Å². The van der Waals surface area contributed by atoms with Crippen molar-refractivity contribution < 1.29 is 14.0 Å². The van der Waals surface area contributed by atoms with Crippen molar-refractivity contribution in [3.63, 3.8) is 0 Å². The van der Waals surface area contributed by atoms with Gasteiger partial charge in [0.25, 0.3) is 5.91 Å². The number of halogens is 2. The quantitative estimate of drug-likeness (QED) is 0.589. The Morgan fingerprint density at radius 1 is 1.14 bits per heavy atom. The number of piperazine rings is 1. The molecule has 1 saturated heterocycles. The Morgan fingerprint density at radius 2 is 1.86 bits per heavy atom. The number of carbonyl (C=O) groups excluding carboxylic acids is 2. The molecule has 0 aliphatic carbocycles. The predicted octanol–water partition coefficient (Wildman–Crippen LogP) is 3.96. The van der Waals surface area contributed by atoms with Gasteiger partial charge in [-0.1, -0.05) is 12.1 Å². The fraction of sp³-hybridized carbons (Fsp3) is 0.300. The highest BCUT2D eigenvalue weighted by Gasteiger charge is 2.27. The van der Waals surface area contributed by atoms with Gasteiger partial charge in [-0.25, -0.2) is 4.39 Å². The predicted molar refractivity (Wildman–Crippen MR) is 111 cm³/mol. The van der Waals surface area contributed by atoms with Gasteiger partial charge in [0.05, 0.1) is 14.7 Å². The molecule has 28 heavy (non-hydrogen) atoms. The van der Waals surface area contributed by atoms with E-state index in [4.69, 9.17) is 0 Å². The van der Waals surface area contributed by atoms with Gasteiger partial charge in [0.2, 0.25) is 5.91 Å². The zero-order chi connectivity index (χ0) is 19.8. The molecule has 0 bridgehead atoms. The van der Waals surface area contributed by atoms with Crippen LogP contribution < -0.4 is 0 Å². The zero-order valence-corrected chi connectivity index (χ0v) is 17.7. The van der Waals surface area contributed by atoms with Crippen LogP contribution in [0.5, 0.6) is 0 Å². The fourth-order valence-electron chi connectivity index (χ4n) is 3.58. The van der Waals surface area contributed by atoms with E-state index >= 15 is 0 Å². The summed E-state index contributed by atoms with van der Waals surface area (Å²) in [5.41, 5.74) is 2.33. The number of amides is 2. The third-order valence-corrected chi connectivity index (χ3v) is 6.86. The summed E-state index contributed by atoms with van der Waals surface area (Å²) >= 11 is 5.14. The number of benzene rings is 1. The van der Waals surface area contributed by atoms with Crippen LogP contribution in [-0.4, -0.2) is 52.4 Å². The standard InChI is InChI=1S/C20H19BrFN3O2S/c1-13(26)23-5-7-24(8-6-23)20(27)17-10-18-19(16(21)12-28-18)25(17)11-14-3-2-4-15(22)9-14/h2-4,9-10,12H,5-8,11H2,1H3. The van der Waals surface area contributed by atoms with Gasteiger partial charge in [-0.2, -0.15) is 0 Å². The highest BCUT2D eigenvalue weighted by molar-refractivity contribution is 9.10. The van der Waals surface area contributed by atoms with Gasteiger partial charge in [-0.3, -0.25) is 9.59 Å². The van der Waals surface area contributed by atoms with Gasteiger partial charge in [0.15, 0.2) is 0 Å². The number of nitrogens with zero attached hydrogens (tertiary/aromatic N) is 3. The Hall–Kier alpha value is -2.19. The SMILES string of the molecule is CC(=O)N1CCN(C(=O)c2cc3scc(Br)c3n2Cc2cccc(F)c2)CC1. The summed E-state index contributed by atoms with van der Waals surface area (Å²) in [5.74, 6) is -0.320. The lowest BCUT2D eigenvalue weighted by Gasteiger charge is -2.34. The molecule has 1 aromatic carbocycles. The topological polar surface area (TPSA) is 45.6 Å². The van der Waals surface area contributed by atoms with E-state index in [2.05, 4.69) is 15.9 Å². The molecule has 0 spiro atoms. The Bertz CT molecular complexity index is 1050. The summed E-state index contributed by atoms with van der Waals surface area (Å²) in [6, 6.07) is 8.34. The van der Waals surface area contributed by atoms with Crippen molar-refractivity contribution in [1.29, 1.82) is 0 Å². The molecule has 5 nitrogen and oxygen atoms in total. The lowest BCUT2D eigenvalue weighted by Crippen LogP contribution is -2.50. The lowest BCUT2D eigenvalue weighted by molar-refractivity contribution is -0.130. The second-order valence-electron chi connectivity index (χ2n) is 6.84. The average Bonchev–Trinajstić information content (AvgIpc) is 3.22. The molecular formula is C20H19BrFN3O2S. The molecule has 3 heterocycles. The highest BCUT2D eigenvalue weighted by atomic mass is 79.9. The first-order valence-corrected chi connectivity index (χ1v) is 10.7. The number of carbonyl (C=O) groups is 2. The molecule has 1 aliphatic rings. The van der Waals surface area contributed by atoms with E-state index in [1.54, 1.807) is 34.1 Å². The molecule has 0 unspecified atom stereocenters. The van der Waals surface area contributed by atoms with Crippen LogP contribution in [0.3, 0.4) is 0 Å². The van der Waals surface area contributed by atoms with Gasteiger partial charge in [0.1, 0.15) is 11.5 Å². The third kappa shape index (κ3) is 3.58. The maximum Gasteiger partial charge on any atom is 0.270 e. The van der Waals surface area contributed by atoms with E-state index in [-0.39, 0.29) is 17.6 Å². The summed E-state index contributed by atoms with van der Waals surface area (Å²) in [7, 11) is 0. The van der Waals surface area contributed by atoms with Crippen LogP contribution in [0.15, 0.2) is 40.2 Å². The molecule has 1 aliphatic heterocycles. The van der Waals surface area contributed by atoms with Crippen molar-refractivity contribution in [2.45, 2.75) is 13.5 Å². The summed E-state index contributed by atoms with van der Waals surface area (Å²) < 4.78 is 17.5. The van der Waals surface area contributed by atoms with Crippen LogP contribution in [0.1, 0.15) is 23.0 Å². The van der Waals surface area contributed by atoms with Crippen LogP contribution in [0.4, 0.5) is 4.39 Å². The highest BCUT2D eigenvalue weighted by Crippen LogP contribution is 2.34. The molecule has 3 aromatic rings. The van der Waals surface area contributed by atoms with Crippen molar-refractivity contribution in [3.8, 4) is 0 Å². The Balaban J connectivity index is 1.67. The Morgan fingerprint density at radius 3 is 2.54 bits per heavy atom. The minimum absolute atomic E-state index is 0.0334. The Labute approximate surface area is 174 Å². The molecule has 2 amide bonds. The first kappa shape index (κ1) is 19.1. The maximum atomic E-state index is 13.7. The van der Waals surface area contributed by atoms with Crippen molar-refractivity contribution >= 4 is 49.3 Å². The summed E-state index contributed by atoms with van der Waals surface area (Å²) in [4.78, 5) is 28.3. The molecule has 2 aromatic heterocycles. The number of rotatable bonds is 3. The lowest BCUT2D eigenvalue weighted by atomic mass is 10.2. The average molecular weight is 464 g/mol. The zero-order valence-electron chi connectivity index (χ0n) is 15.3. The molecule has 0 N–H and O–H groups in total. The van der Waals surface area contributed by atoms with E-state index in [1.807, 2.05) is 22.1 Å². The van der Waals surface area contributed by atoms with Crippen molar-refractivity contribution in [1.82, 2.24) is 14.4 Å². The molecule has 1 fully saturated rings. The second kappa shape index (κ2) is 7.67.